The number of ether oxygens (including phenoxy) is 2. The van der Waals surface area contributed by atoms with Crippen LogP contribution in [0.15, 0.2) is 12.1 Å². The lowest BCUT2D eigenvalue weighted by molar-refractivity contribution is -0.292. The number of hydrogen-bond acceptors (Lipinski definition) is 5. The molecule has 7 atom stereocenters. The van der Waals surface area contributed by atoms with Crippen molar-refractivity contribution in [3.8, 4) is 11.5 Å². The Labute approximate surface area is 179 Å². The maximum atomic E-state index is 11.8. The van der Waals surface area contributed by atoms with Crippen LogP contribution in [-0.2, 0) is 16.6 Å². The Morgan fingerprint density at radius 3 is 2.90 bits per heavy atom. The number of phenols is 1. The number of aromatic hydroxyl groups is 1. The van der Waals surface area contributed by atoms with Gasteiger partial charge in [-0.2, -0.15) is 0 Å². The lowest BCUT2D eigenvalue weighted by Gasteiger charge is -2.73. The Morgan fingerprint density at radius 2 is 2.13 bits per heavy atom. The summed E-state index contributed by atoms with van der Waals surface area (Å²) in [5, 5.41) is 26.4. The van der Waals surface area contributed by atoms with Gasteiger partial charge in [-0.1, -0.05) is 25.8 Å². The maximum absolute atomic E-state index is 11.8. The summed E-state index contributed by atoms with van der Waals surface area (Å²) in [6.07, 6.45) is 7.67. The van der Waals surface area contributed by atoms with Gasteiger partial charge in [-0.15, -0.1) is 0 Å². The van der Waals surface area contributed by atoms with Crippen molar-refractivity contribution >= 4 is 0 Å². The Morgan fingerprint density at radius 1 is 1.30 bits per heavy atom. The molecule has 30 heavy (non-hydrogen) atoms. The molecule has 4 aliphatic carbocycles. The standard InChI is InChI=1S/C25H35NO4/c1-4-5-8-22(2,28)17-14-23-9-10-25(17,29-3)21-24(23)11-12-26-18(23)13-15-6-7-16(27)20(30-21)19(15)24/h6-7,17-18,21,26-28H,4-5,8-14H2,1-3H3/t17-,18?,21-,22?,23-,24?,25-/m1/s1. The second-order valence-electron chi connectivity index (χ2n) is 10.9. The third-order valence-corrected chi connectivity index (χ3v) is 9.97. The van der Waals surface area contributed by atoms with Crippen LogP contribution >= 0.6 is 0 Å². The summed E-state index contributed by atoms with van der Waals surface area (Å²) in [6.45, 7) is 5.17. The Bertz CT molecular complexity index is 899. The summed E-state index contributed by atoms with van der Waals surface area (Å²) in [4.78, 5) is 0. The van der Waals surface area contributed by atoms with Crippen LogP contribution in [0.2, 0.25) is 0 Å². The van der Waals surface area contributed by atoms with E-state index >= 15 is 0 Å². The number of unbranched alkanes of at least 4 members (excludes halogenated alkanes) is 1. The lowest BCUT2D eigenvalue weighted by atomic mass is 9.34. The molecule has 5 nitrogen and oxygen atoms in total. The van der Waals surface area contributed by atoms with E-state index in [1.54, 1.807) is 6.07 Å². The van der Waals surface area contributed by atoms with Crippen molar-refractivity contribution in [2.24, 2.45) is 11.3 Å². The molecule has 3 saturated carbocycles. The molecule has 1 aromatic rings. The van der Waals surface area contributed by atoms with Crippen molar-refractivity contribution in [1.82, 2.24) is 5.32 Å². The minimum atomic E-state index is -0.796. The van der Waals surface area contributed by atoms with Crippen molar-refractivity contribution in [3.05, 3.63) is 23.3 Å². The van der Waals surface area contributed by atoms with Crippen molar-refractivity contribution in [2.45, 2.75) is 94.0 Å². The van der Waals surface area contributed by atoms with Crippen molar-refractivity contribution in [2.75, 3.05) is 13.7 Å². The minimum Gasteiger partial charge on any atom is -0.504 e. The largest absolute Gasteiger partial charge is 0.504 e. The fourth-order valence-corrected chi connectivity index (χ4v) is 8.78. The highest BCUT2D eigenvalue weighted by Crippen LogP contribution is 2.76. The number of nitrogens with one attached hydrogen (secondary N) is 1. The van der Waals surface area contributed by atoms with Gasteiger partial charge in [0.25, 0.3) is 0 Å². The molecule has 2 spiro atoms. The van der Waals surface area contributed by atoms with E-state index in [0.717, 1.165) is 57.9 Å². The van der Waals surface area contributed by atoms with E-state index in [9.17, 15) is 10.2 Å². The maximum Gasteiger partial charge on any atom is 0.165 e. The van der Waals surface area contributed by atoms with E-state index in [1.165, 1.54) is 11.1 Å². The smallest absolute Gasteiger partial charge is 0.165 e. The van der Waals surface area contributed by atoms with Crippen LogP contribution in [0.1, 0.15) is 69.9 Å². The molecule has 4 fully saturated rings. The van der Waals surface area contributed by atoms with Crippen LogP contribution in [0.25, 0.3) is 0 Å². The summed E-state index contributed by atoms with van der Waals surface area (Å²) >= 11 is 0. The molecule has 1 saturated heterocycles. The van der Waals surface area contributed by atoms with E-state index < -0.39 is 11.2 Å². The molecule has 0 radical (unpaired) electrons. The number of hydrogen-bond donors (Lipinski definition) is 3. The molecule has 6 aliphatic rings. The van der Waals surface area contributed by atoms with E-state index in [0.29, 0.717) is 11.8 Å². The van der Waals surface area contributed by atoms with Crippen LogP contribution < -0.4 is 10.1 Å². The van der Waals surface area contributed by atoms with Gasteiger partial charge in [0.05, 0.1) is 5.60 Å². The van der Waals surface area contributed by atoms with Crippen molar-refractivity contribution in [1.29, 1.82) is 0 Å². The molecule has 7 rings (SSSR count). The number of benzene rings is 1. The number of fused-ring (bicyclic) bond motifs is 2. The molecule has 3 N–H and O–H groups in total. The highest BCUT2D eigenvalue weighted by atomic mass is 16.6. The zero-order valence-corrected chi connectivity index (χ0v) is 18.5. The average Bonchev–Trinajstić information content (AvgIpc) is 3.10. The zero-order valence-electron chi connectivity index (χ0n) is 18.5. The fourth-order valence-electron chi connectivity index (χ4n) is 8.78. The quantitative estimate of drug-likeness (QED) is 0.690. The minimum absolute atomic E-state index is 0.0221. The molecule has 2 aliphatic heterocycles. The Kier molecular flexibility index (Phi) is 3.83. The first-order chi connectivity index (χ1) is 14.4. The van der Waals surface area contributed by atoms with Crippen LogP contribution in [0.4, 0.5) is 0 Å². The highest BCUT2D eigenvalue weighted by molar-refractivity contribution is 5.63. The van der Waals surface area contributed by atoms with E-state index in [-0.39, 0.29) is 28.6 Å². The van der Waals surface area contributed by atoms with E-state index in [1.807, 2.05) is 14.0 Å². The van der Waals surface area contributed by atoms with E-state index in [4.69, 9.17) is 9.47 Å². The highest BCUT2D eigenvalue weighted by Gasteiger charge is 2.81. The molecule has 164 valence electrons. The fraction of sp³-hybridized carbons (Fsp3) is 0.760. The van der Waals surface area contributed by atoms with Gasteiger partial charge in [-0.05, 0) is 63.6 Å². The molecular weight excluding hydrogens is 378 g/mol. The SMILES string of the molecule is CCCCC(C)(O)[C@H]1C[C@@]23CC[C@]1(OC)[C@@H]1Oc4c(O)ccc5c4C12CCNC3C5. The molecule has 0 aromatic heterocycles. The summed E-state index contributed by atoms with van der Waals surface area (Å²) in [6, 6.07) is 4.29. The predicted molar refractivity (Wildman–Crippen MR) is 114 cm³/mol. The first-order valence-electron chi connectivity index (χ1n) is 11.9. The van der Waals surface area contributed by atoms with Gasteiger partial charge in [-0.25, -0.2) is 0 Å². The monoisotopic (exact) mass is 413 g/mol. The van der Waals surface area contributed by atoms with Crippen molar-refractivity contribution in [3.63, 3.8) is 0 Å². The molecule has 4 bridgehead atoms. The van der Waals surface area contributed by atoms with Gasteiger partial charge in [0.15, 0.2) is 11.5 Å². The summed E-state index contributed by atoms with van der Waals surface area (Å²) in [7, 11) is 1.81. The number of phenolic OH excluding ortho intramolecular Hbond substituents is 1. The normalized spacial score (nSPS) is 44.3. The van der Waals surface area contributed by atoms with Gasteiger partial charge in [-0.3, -0.25) is 0 Å². The first-order valence-corrected chi connectivity index (χ1v) is 11.9. The lowest BCUT2D eigenvalue weighted by Crippen LogP contribution is -2.82. The van der Waals surface area contributed by atoms with Gasteiger partial charge >= 0.3 is 0 Å². The number of piperidine rings is 1. The molecule has 3 unspecified atom stereocenters. The van der Waals surface area contributed by atoms with Gasteiger partial charge in [0.2, 0.25) is 0 Å². The third-order valence-electron chi connectivity index (χ3n) is 9.97. The zero-order chi connectivity index (χ0) is 20.9. The molecule has 1 aromatic carbocycles. The molecule has 5 heteroatoms. The van der Waals surface area contributed by atoms with Crippen molar-refractivity contribution < 1.29 is 19.7 Å². The molecular formula is C25H35NO4. The summed E-state index contributed by atoms with van der Waals surface area (Å²) in [5.74, 6) is 0.970. The number of methoxy groups -OCH3 is 1. The van der Waals surface area contributed by atoms with Gasteiger partial charge in [0.1, 0.15) is 11.7 Å². The van der Waals surface area contributed by atoms with E-state index in [2.05, 4.69) is 18.3 Å². The average molecular weight is 414 g/mol. The number of aliphatic hydroxyl groups is 1. The van der Waals surface area contributed by atoms with Crippen LogP contribution in [0, 0.1) is 11.3 Å². The Balaban J connectivity index is 1.59. The van der Waals surface area contributed by atoms with Gasteiger partial charge in [0, 0.05) is 35.5 Å². The summed E-state index contributed by atoms with van der Waals surface area (Å²) < 4.78 is 13.2. The van der Waals surface area contributed by atoms with Gasteiger partial charge < -0.3 is 25.0 Å². The topological polar surface area (TPSA) is 71.0 Å². The number of rotatable bonds is 5. The van der Waals surface area contributed by atoms with Crippen LogP contribution in [0.3, 0.4) is 0 Å². The van der Waals surface area contributed by atoms with Crippen LogP contribution in [0.5, 0.6) is 11.5 Å². The summed E-state index contributed by atoms with van der Waals surface area (Å²) in [5.41, 5.74) is 1.18. The predicted octanol–water partition coefficient (Wildman–Crippen LogP) is 3.44. The molecule has 2 heterocycles. The second-order valence-corrected chi connectivity index (χ2v) is 10.9. The second kappa shape index (κ2) is 5.93. The first kappa shape index (κ1) is 19.4. The van der Waals surface area contributed by atoms with Crippen LogP contribution in [-0.4, -0.2) is 47.2 Å². The third kappa shape index (κ3) is 1.93. The Hall–Kier alpha value is -1.30. The molecule has 0 amide bonds.